The van der Waals surface area contributed by atoms with Crippen LogP contribution in [-0.4, -0.2) is 45.1 Å². The number of likely N-dealkylation sites (N-methyl/N-ethyl adjacent to an activating group) is 1. The molecule has 0 aliphatic carbocycles. The largest absolute Gasteiger partial charge is 0.369 e. The van der Waals surface area contributed by atoms with E-state index in [4.69, 9.17) is 5.73 Å². The van der Waals surface area contributed by atoms with Crippen molar-refractivity contribution in [3.63, 3.8) is 0 Å². The predicted octanol–water partition coefficient (Wildman–Crippen LogP) is 0.494. The summed E-state index contributed by atoms with van der Waals surface area (Å²) >= 11 is 0. The van der Waals surface area contributed by atoms with E-state index in [0.717, 1.165) is 11.1 Å². The number of carbonyl (C=O) groups is 1. The number of carbonyl (C=O) groups excluding carboxylic acids is 1. The molecule has 0 fully saturated rings. The van der Waals surface area contributed by atoms with Crippen LogP contribution >= 0.6 is 0 Å². The molecule has 19 heavy (non-hydrogen) atoms. The van der Waals surface area contributed by atoms with Gasteiger partial charge in [0.25, 0.3) is 0 Å². The molecule has 0 spiro atoms. The highest BCUT2D eigenvalue weighted by Crippen LogP contribution is 2.18. The first kappa shape index (κ1) is 15.7. The van der Waals surface area contributed by atoms with Crippen LogP contribution in [0, 0.1) is 13.8 Å². The highest BCUT2D eigenvalue weighted by molar-refractivity contribution is 7.91. The third-order valence-corrected chi connectivity index (χ3v) is 4.68. The second-order valence-corrected chi connectivity index (χ2v) is 6.87. The molecule has 0 saturated heterocycles. The number of aryl methyl sites for hydroxylation is 2. The van der Waals surface area contributed by atoms with Gasteiger partial charge in [-0.15, -0.1) is 0 Å². The topological polar surface area (TPSA) is 80.5 Å². The Balaban J connectivity index is 2.81. The van der Waals surface area contributed by atoms with Gasteiger partial charge in [-0.1, -0.05) is 12.1 Å². The normalized spacial score (nSPS) is 11.8. The molecule has 0 unspecified atom stereocenters. The molecule has 0 bridgehead atoms. The van der Waals surface area contributed by atoms with E-state index in [2.05, 4.69) is 0 Å². The molecular weight excluding hydrogens is 264 g/mol. The van der Waals surface area contributed by atoms with Crippen molar-refractivity contribution in [1.82, 2.24) is 4.90 Å². The molecule has 2 N–H and O–H groups in total. The number of benzene rings is 1. The van der Waals surface area contributed by atoms with Gasteiger partial charge >= 0.3 is 0 Å². The molecule has 0 aliphatic rings. The van der Waals surface area contributed by atoms with Gasteiger partial charge in [-0.2, -0.15) is 0 Å². The van der Waals surface area contributed by atoms with E-state index in [0.29, 0.717) is 4.90 Å². The lowest BCUT2D eigenvalue weighted by molar-refractivity contribution is -0.118. The highest BCUT2D eigenvalue weighted by Gasteiger charge is 2.18. The molecule has 0 heterocycles. The summed E-state index contributed by atoms with van der Waals surface area (Å²) in [5.41, 5.74) is 6.71. The van der Waals surface area contributed by atoms with Crippen LogP contribution in [0.15, 0.2) is 23.1 Å². The summed E-state index contributed by atoms with van der Waals surface area (Å²) < 4.78 is 24.5. The molecule has 0 saturated carbocycles. The Kier molecular flexibility index (Phi) is 5.08. The lowest BCUT2D eigenvalue weighted by Crippen LogP contribution is -2.34. The zero-order valence-corrected chi connectivity index (χ0v) is 12.3. The number of primary amides is 1. The minimum Gasteiger partial charge on any atom is -0.369 e. The molecule has 0 atom stereocenters. The Hall–Kier alpha value is -1.40. The first-order valence-electron chi connectivity index (χ1n) is 5.99. The number of sulfone groups is 1. The molecule has 1 aromatic rings. The van der Waals surface area contributed by atoms with E-state index >= 15 is 0 Å². The van der Waals surface area contributed by atoms with Crippen molar-refractivity contribution < 1.29 is 13.2 Å². The van der Waals surface area contributed by atoms with Crippen molar-refractivity contribution in [2.24, 2.45) is 5.73 Å². The Bertz CT molecular complexity index is 567. The average molecular weight is 284 g/mol. The fraction of sp³-hybridized carbons (Fsp3) is 0.462. The Morgan fingerprint density at radius 1 is 1.32 bits per heavy atom. The van der Waals surface area contributed by atoms with Crippen molar-refractivity contribution in [3.05, 3.63) is 29.3 Å². The van der Waals surface area contributed by atoms with Crippen molar-refractivity contribution >= 4 is 15.7 Å². The number of rotatable bonds is 6. The molecule has 0 aromatic heterocycles. The fourth-order valence-corrected chi connectivity index (χ4v) is 3.47. The Morgan fingerprint density at radius 3 is 2.53 bits per heavy atom. The lowest BCUT2D eigenvalue weighted by atomic mass is 10.2. The Morgan fingerprint density at radius 2 is 1.95 bits per heavy atom. The molecule has 1 amide bonds. The van der Waals surface area contributed by atoms with Crippen LogP contribution in [0.2, 0.25) is 0 Å². The van der Waals surface area contributed by atoms with Crippen LogP contribution in [0.5, 0.6) is 0 Å². The first-order valence-corrected chi connectivity index (χ1v) is 7.64. The van der Waals surface area contributed by atoms with Gasteiger partial charge in [-0.3, -0.25) is 9.69 Å². The average Bonchev–Trinajstić information content (AvgIpc) is 2.29. The van der Waals surface area contributed by atoms with Gasteiger partial charge < -0.3 is 5.73 Å². The number of hydrogen-bond donors (Lipinski definition) is 1. The molecule has 5 nitrogen and oxygen atoms in total. The first-order chi connectivity index (χ1) is 8.72. The van der Waals surface area contributed by atoms with E-state index < -0.39 is 15.7 Å². The summed E-state index contributed by atoms with van der Waals surface area (Å²) in [6.45, 7) is 3.97. The van der Waals surface area contributed by atoms with Gasteiger partial charge in [0.2, 0.25) is 5.91 Å². The van der Waals surface area contributed by atoms with Crippen LogP contribution in [-0.2, 0) is 14.6 Å². The quantitative estimate of drug-likeness (QED) is 0.824. The minimum absolute atomic E-state index is 0.0267. The molecule has 0 aliphatic heterocycles. The summed E-state index contributed by atoms with van der Waals surface area (Å²) in [5.74, 6) is -0.493. The van der Waals surface area contributed by atoms with E-state index in [9.17, 15) is 13.2 Å². The zero-order chi connectivity index (χ0) is 14.6. The van der Waals surface area contributed by atoms with E-state index in [1.807, 2.05) is 13.0 Å². The summed E-state index contributed by atoms with van der Waals surface area (Å²) in [6.07, 6.45) is 0. The molecule has 1 aromatic carbocycles. The molecular formula is C13H20N2O3S. The second kappa shape index (κ2) is 6.16. The van der Waals surface area contributed by atoms with Crippen LogP contribution in [0.4, 0.5) is 0 Å². The summed E-state index contributed by atoms with van der Waals surface area (Å²) in [4.78, 5) is 12.7. The van der Waals surface area contributed by atoms with Crippen LogP contribution in [0.1, 0.15) is 11.1 Å². The van der Waals surface area contributed by atoms with Gasteiger partial charge in [0.05, 0.1) is 17.2 Å². The maximum Gasteiger partial charge on any atom is 0.231 e. The van der Waals surface area contributed by atoms with Crippen molar-refractivity contribution in [2.45, 2.75) is 18.7 Å². The fourth-order valence-electron chi connectivity index (χ4n) is 1.77. The van der Waals surface area contributed by atoms with Gasteiger partial charge in [0, 0.05) is 6.54 Å². The van der Waals surface area contributed by atoms with Gasteiger partial charge in [-0.05, 0) is 38.1 Å². The molecule has 0 radical (unpaired) electrons. The summed E-state index contributed by atoms with van der Waals surface area (Å²) in [6, 6.07) is 5.36. The molecule has 1 rings (SSSR count). The Labute approximate surface area is 114 Å². The zero-order valence-electron chi connectivity index (χ0n) is 11.5. The maximum atomic E-state index is 12.3. The number of amides is 1. The number of nitrogens with two attached hydrogens (primary N) is 1. The second-order valence-electron chi connectivity index (χ2n) is 4.79. The van der Waals surface area contributed by atoms with Crippen LogP contribution in [0.25, 0.3) is 0 Å². The number of nitrogens with zero attached hydrogens (tertiary/aromatic N) is 1. The van der Waals surface area contributed by atoms with Gasteiger partial charge in [-0.25, -0.2) is 8.42 Å². The SMILES string of the molecule is Cc1ccc(C)c(S(=O)(=O)CCN(C)CC(N)=O)c1. The third kappa shape index (κ3) is 4.65. The maximum absolute atomic E-state index is 12.3. The third-order valence-electron chi connectivity index (χ3n) is 2.85. The van der Waals surface area contributed by atoms with E-state index in [1.54, 1.807) is 31.0 Å². The molecule has 106 valence electrons. The van der Waals surface area contributed by atoms with Crippen LogP contribution in [0.3, 0.4) is 0 Å². The van der Waals surface area contributed by atoms with Gasteiger partial charge in [0.15, 0.2) is 9.84 Å². The van der Waals surface area contributed by atoms with Gasteiger partial charge in [0.1, 0.15) is 0 Å². The van der Waals surface area contributed by atoms with Crippen LogP contribution < -0.4 is 5.73 Å². The monoisotopic (exact) mass is 284 g/mol. The van der Waals surface area contributed by atoms with Crippen molar-refractivity contribution in [2.75, 3.05) is 25.9 Å². The summed E-state index contributed by atoms with van der Waals surface area (Å²) in [7, 11) is -1.67. The summed E-state index contributed by atoms with van der Waals surface area (Å²) in [5, 5.41) is 0. The van der Waals surface area contributed by atoms with E-state index in [1.165, 1.54) is 0 Å². The lowest BCUT2D eigenvalue weighted by Gasteiger charge is -2.15. The minimum atomic E-state index is -3.34. The molecule has 6 heteroatoms. The highest BCUT2D eigenvalue weighted by atomic mass is 32.2. The number of hydrogen-bond acceptors (Lipinski definition) is 4. The van der Waals surface area contributed by atoms with E-state index in [-0.39, 0.29) is 18.8 Å². The van der Waals surface area contributed by atoms with Crippen molar-refractivity contribution in [1.29, 1.82) is 0 Å². The predicted molar refractivity (Wildman–Crippen MR) is 74.7 cm³/mol. The van der Waals surface area contributed by atoms with Crippen molar-refractivity contribution in [3.8, 4) is 0 Å². The smallest absolute Gasteiger partial charge is 0.231 e. The standard InChI is InChI=1S/C13H20N2O3S/c1-10-4-5-11(2)12(8-10)19(17,18)7-6-15(3)9-13(14)16/h4-5,8H,6-7,9H2,1-3H3,(H2,14,16).